The van der Waals surface area contributed by atoms with E-state index in [9.17, 15) is 0 Å². The molecule has 0 spiro atoms. The van der Waals surface area contributed by atoms with Crippen LogP contribution in [0.1, 0.15) is 13.8 Å². The molecule has 136 valence electrons. The lowest BCUT2D eigenvalue weighted by Crippen LogP contribution is -2.39. The molecule has 1 aromatic carbocycles. The molecular formula is C18H27N5O2. The zero-order valence-corrected chi connectivity index (χ0v) is 15.1. The number of methoxy groups -OCH3 is 1. The first-order valence-electron chi connectivity index (χ1n) is 8.52. The van der Waals surface area contributed by atoms with Crippen LogP contribution < -0.4 is 20.1 Å². The van der Waals surface area contributed by atoms with Crippen LogP contribution in [0, 0.1) is 0 Å². The van der Waals surface area contributed by atoms with E-state index < -0.39 is 0 Å². The first-order chi connectivity index (χ1) is 12.2. The maximum Gasteiger partial charge on any atom is 0.191 e. The number of nitrogens with zero attached hydrogens (tertiary/aromatic N) is 3. The van der Waals surface area contributed by atoms with Crippen molar-refractivity contribution in [2.75, 3.05) is 26.7 Å². The molecule has 2 aromatic rings. The maximum absolute atomic E-state index is 5.93. The van der Waals surface area contributed by atoms with Crippen molar-refractivity contribution in [3.63, 3.8) is 0 Å². The van der Waals surface area contributed by atoms with E-state index in [1.165, 1.54) is 0 Å². The van der Waals surface area contributed by atoms with Crippen LogP contribution in [0.5, 0.6) is 11.5 Å². The lowest BCUT2D eigenvalue weighted by molar-refractivity contribution is 0.219. The summed E-state index contributed by atoms with van der Waals surface area (Å²) >= 11 is 0. The Morgan fingerprint density at radius 3 is 2.72 bits per heavy atom. The minimum absolute atomic E-state index is 0.0714. The van der Waals surface area contributed by atoms with E-state index in [4.69, 9.17) is 9.47 Å². The van der Waals surface area contributed by atoms with Gasteiger partial charge in [-0.1, -0.05) is 12.1 Å². The minimum atomic E-state index is -0.0714. The smallest absolute Gasteiger partial charge is 0.191 e. The second-order valence-electron chi connectivity index (χ2n) is 5.49. The first kappa shape index (κ1) is 18.6. The van der Waals surface area contributed by atoms with E-state index in [2.05, 4.69) is 20.7 Å². The second-order valence-corrected chi connectivity index (χ2v) is 5.49. The molecule has 2 rings (SSSR count). The lowest BCUT2D eigenvalue weighted by atomic mass is 10.3. The van der Waals surface area contributed by atoms with Gasteiger partial charge in [-0.25, -0.2) is 4.99 Å². The quantitative estimate of drug-likeness (QED) is 0.537. The Morgan fingerprint density at radius 2 is 2.04 bits per heavy atom. The van der Waals surface area contributed by atoms with Gasteiger partial charge >= 0.3 is 0 Å². The van der Waals surface area contributed by atoms with Gasteiger partial charge in [-0.15, -0.1) is 0 Å². The van der Waals surface area contributed by atoms with E-state index in [1.807, 2.05) is 55.1 Å². The third kappa shape index (κ3) is 6.37. The second kappa shape index (κ2) is 10.2. The van der Waals surface area contributed by atoms with Gasteiger partial charge in [0.25, 0.3) is 0 Å². The SMILES string of the molecule is CCNC(=NCC(C)Oc1ccccc1OC)NCCn1cccn1. The normalized spacial score (nSPS) is 12.5. The van der Waals surface area contributed by atoms with Crippen LogP contribution in [0.15, 0.2) is 47.7 Å². The summed E-state index contributed by atoms with van der Waals surface area (Å²) in [5.74, 6) is 2.22. The number of hydrogen-bond acceptors (Lipinski definition) is 4. The predicted octanol–water partition coefficient (Wildman–Crippen LogP) is 1.91. The highest BCUT2D eigenvalue weighted by Gasteiger charge is 2.08. The summed E-state index contributed by atoms with van der Waals surface area (Å²) < 4.78 is 13.1. The van der Waals surface area contributed by atoms with Gasteiger partial charge in [0.15, 0.2) is 17.5 Å². The fraction of sp³-hybridized carbons (Fsp3) is 0.444. The largest absolute Gasteiger partial charge is 0.493 e. The molecule has 0 aliphatic heterocycles. The number of aliphatic imine (C=N–C) groups is 1. The van der Waals surface area contributed by atoms with E-state index in [0.717, 1.165) is 37.1 Å². The fourth-order valence-electron chi connectivity index (χ4n) is 2.25. The molecule has 1 unspecified atom stereocenters. The average Bonchev–Trinajstić information content (AvgIpc) is 3.13. The average molecular weight is 345 g/mol. The Balaban J connectivity index is 1.84. The molecule has 0 amide bonds. The number of para-hydroxylation sites is 2. The highest BCUT2D eigenvalue weighted by Crippen LogP contribution is 2.26. The molecule has 2 N–H and O–H groups in total. The van der Waals surface area contributed by atoms with Gasteiger partial charge in [0.05, 0.1) is 20.2 Å². The molecule has 0 fully saturated rings. The standard InChI is InChI=1S/C18H27N5O2/c1-4-19-18(20-11-13-23-12-7-10-22-23)21-14-15(2)25-17-9-6-5-8-16(17)24-3/h5-10,12,15H,4,11,13-14H2,1-3H3,(H2,19,20,21). The fourth-order valence-corrected chi connectivity index (χ4v) is 2.25. The Labute approximate surface area is 149 Å². The van der Waals surface area contributed by atoms with Gasteiger partial charge in [-0.3, -0.25) is 4.68 Å². The zero-order valence-electron chi connectivity index (χ0n) is 15.1. The monoisotopic (exact) mass is 345 g/mol. The number of nitrogens with one attached hydrogen (secondary N) is 2. The summed E-state index contributed by atoms with van der Waals surface area (Å²) in [7, 11) is 1.64. The molecule has 0 aliphatic carbocycles. The van der Waals surface area contributed by atoms with Crippen molar-refractivity contribution in [1.82, 2.24) is 20.4 Å². The Kier molecular flexibility index (Phi) is 7.62. The molecule has 1 atom stereocenters. The van der Waals surface area contributed by atoms with Gasteiger partial charge in [0.1, 0.15) is 6.10 Å². The van der Waals surface area contributed by atoms with Gasteiger partial charge in [0, 0.05) is 25.5 Å². The summed E-state index contributed by atoms with van der Waals surface area (Å²) in [4.78, 5) is 4.58. The Bertz CT molecular complexity index is 643. The van der Waals surface area contributed by atoms with Crippen molar-refractivity contribution < 1.29 is 9.47 Å². The Hall–Kier alpha value is -2.70. The van der Waals surface area contributed by atoms with E-state index in [1.54, 1.807) is 13.3 Å². The van der Waals surface area contributed by atoms with Crippen molar-refractivity contribution in [3.8, 4) is 11.5 Å². The van der Waals surface area contributed by atoms with Crippen molar-refractivity contribution in [2.24, 2.45) is 4.99 Å². The van der Waals surface area contributed by atoms with E-state index >= 15 is 0 Å². The topological polar surface area (TPSA) is 72.7 Å². The van der Waals surface area contributed by atoms with Crippen LogP contribution >= 0.6 is 0 Å². The molecule has 0 bridgehead atoms. The molecule has 0 saturated carbocycles. The summed E-state index contributed by atoms with van der Waals surface area (Å²) in [6.45, 7) is 6.90. The third-order valence-corrected chi connectivity index (χ3v) is 3.44. The minimum Gasteiger partial charge on any atom is -0.493 e. The molecule has 7 nitrogen and oxygen atoms in total. The van der Waals surface area contributed by atoms with Crippen molar-refractivity contribution >= 4 is 5.96 Å². The van der Waals surface area contributed by atoms with Crippen LogP contribution in [0.25, 0.3) is 0 Å². The van der Waals surface area contributed by atoms with Gasteiger partial charge in [-0.2, -0.15) is 5.10 Å². The zero-order chi connectivity index (χ0) is 17.9. The summed E-state index contributed by atoms with van der Waals surface area (Å²) in [6.07, 6.45) is 3.64. The number of hydrogen-bond donors (Lipinski definition) is 2. The van der Waals surface area contributed by atoms with Gasteiger partial charge < -0.3 is 20.1 Å². The number of rotatable bonds is 9. The first-order valence-corrected chi connectivity index (χ1v) is 8.52. The third-order valence-electron chi connectivity index (χ3n) is 3.44. The highest BCUT2D eigenvalue weighted by atomic mass is 16.5. The molecule has 0 saturated heterocycles. The summed E-state index contributed by atoms with van der Waals surface area (Å²) in [5, 5.41) is 10.7. The van der Waals surface area contributed by atoms with Crippen molar-refractivity contribution in [2.45, 2.75) is 26.5 Å². The van der Waals surface area contributed by atoms with Crippen molar-refractivity contribution in [3.05, 3.63) is 42.7 Å². The molecule has 0 radical (unpaired) electrons. The molecule has 1 heterocycles. The number of guanidine groups is 1. The van der Waals surface area contributed by atoms with Crippen LogP contribution in [0.2, 0.25) is 0 Å². The molecule has 0 aliphatic rings. The van der Waals surface area contributed by atoms with Crippen LogP contribution in [0.3, 0.4) is 0 Å². The van der Waals surface area contributed by atoms with Crippen LogP contribution in [0.4, 0.5) is 0 Å². The van der Waals surface area contributed by atoms with Crippen molar-refractivity contribution in [1.29, 1.82) is 0 Å². The lowest BCUT2D eigenvalue weighted by Gasteiger charge is -2.16. The van der Waals surface area contributed by atoms with Crippen LogP contribution in [-0.4, -0.2) is 48.6 Å². The summed E-state index contributed by atoms with van der Waals surface area (Å²) in [6, 6.07) is 9.53. The van der Waals surface area contributed by atoms with Gasteiger partial charge in [-0.05, 0) is 32.0 Å². The number of benzene rings is 1. The van der Waals surface area contributed by atoms with Gasteiger partial charge in [0.2, 0.25) is 0 Å². The summed E-state index contributed by atoms with van der Waals surface area (Å²) in [5.41, 5.74) is 0. The highest BCUT2D eigenvalue weighted by molar-refractivity contribution is 5.79. The molecule has 7 heteroatoms. The molecular weight excluding hydrogens is 318 g/mol. The maximum atomic E-state index is 5.93. The number of aromatic nitrogens is 2. The van der Waals surface area contributed by atoms with Crippen LogP contribution in [-0.2, 0) is 6.54 Å². The van der Waals surface area contributed by atoms with E-state index in [0.29, 0.717) is 6.54 Å². The predicted molar refractivity (Wildman–Crippen MR) is 99.3 cm³/mol. The number of ether oxygens (including phenoxy) is 2. The van der Waals surface area contributed by atoms with E-state index in [-0.39, 0.29) is 6.10 Å². The Morgan fingerprint density at radius 1 is 1.24 bits per heavy atom. The molecule has 25 heavy (non-hydrogen) atoms. The molecule has 1 aromatic heterocycles.